The van der Waals surface area contributed by atoms with Crippen LogP contribution in [0.1, 0.15) is 30.5 Å². The molecule has 2 aromatic rings. The Morgan fingerprint density at radius 3 is 2.46 bits per heavy atom. The summed E-state index contributed by atoms with van der Waals surface area (Å²) >= 11 is 0. The van der Waals surface area contributed by atoms with E-state index in [9.17, 15) is 0 Å². The van der Waals surface area contributed by atoms with Gasteiger partial charge in [-0.3, -0.25) is 0 Å². The minimum Gasteiger partial charge on any atom is -0.493 e. The highest BCUT2D eigenvalue weighted by atomic mass is 16.5. The van der Waals surface area contributed by atoms with E-state index in [4.69, 9.17) is 9.47 Å². The molecule has 2 rings (SSSR count). The Labute approximate surface area is 158 Å². The Balaban J connectivity index is 1.88. The van der Waals surface area contributed by atoms with Crippen LogP contribution < -0.4 is 14.8 Å². The Hall–Kier alpha value is -2.04. The van der Waals surface area contributed by atoms with Gasteiger partial charge in [-0.05, 0) is 43.3 Å². The molecule has 0 aromatic heterocycles. The molecular formula is C22H32N2O2. The molecule has 0 saturated heterocycles. The topological polar surface area (TPSA) is 33.7 Å². The fraction of sp³-hybridized carbons (Fsp3) is 0.455. The SMILES string of the molecule is CCN(CC)CCNCc1ccc(OCc2cccc(C)c2)c(OC)c1. The van der Waals surface area contributed by atoms with Crippen molar-refractivity contribution in [2.24, 2.45) is 0 Å². The van der Waals surface area contributed by atoms with Gasteiger partial charge in [-0.1, -0.05) is 49.7 Å². The van der Waals surface area contributed by atoms with Crippen LogP contribution in [0.4, 0.5) is 0 Å². The molecule has 26 heavy (non-hydrogen) atoms. The first-order chi connectivity index (χ1) is 12.7. The second-order valence-electron chi connectivity index (χ2n) is 6.47. The summed E-state index contributed by atoms with van der Waals surface area (Å²) in [6, 6.07) is 14.5. The molecule has 0 atom stereocenters. The first-order valence-electron chi connectivity index (χ1n) is 9.44. The van der Waals surface area contributed by atoms with Crippen LogP contribution in [0.15, 0.2) is 42.5 Å². The molecule has 0 bridgehead atoms. The van der Waals surface area contributed by atoms with Crippen molar-refractivity contribution in [1.82, 2.24) is 10.2 Å². The lowest BCUT2D eigenvalue weighted by atomic mass is 10.1. The normalized spacial score (nSPS) is 11.0. The van der Waals surface area contributed by atoms with Gasteiger partial charge in [0.15, 0.2) is 11.5 Å². The predicted molar refractivity (Wildman–Crippen MR) is 108 cm³/mol. The van der Waals surface area contributed by atoms with Crippen LogP contribution in [-0.4, -0.2) is 38.2 Å². The highest BCUT2D eigenvalue weighted by Gasteiger charge is 2.07. The molecule has 0 aliphatic carbocycles. The Kier molecular flexibility index (Phi) is 8.45. The number of nitrogens with one attached hydrogen (secondary N) is 1. The number of benzene rings is 2. The van der Waals surface area contributed by atoms with Gasteiger partial charge >= 0.3 is 0 Å². The van der Waals surface area contributed by atoms with E-state index in [2.05, 4.69) is 67.4 Å². The number of ether oxygens (including phenoxy) is 2. The summed E-state index contributed by atoms with van der Waals surface area (Å²) < 4.78 is 11.5. The molecule has 4 nitrogen and oxygen atoms in total. The maximum absolute atomic E-state index is 5.96. The fourth-order valence-electron chi connectivity index (χ4n) is 2.91. The van der Waals surface area contributed by atoms with E-state index in [0.29, 0.717) is 6.61 Å². The average molecular weight is 357 g/mol. The number of likely N-dealkylation sites (N-methyl/N-ethyl adjacent to an activating group) is 1. The minimum absolute atomic E-state index is 0.541. The molecule has 0 aliphatic rings. The monoisotopic (exact) mass is 356 g/mol. The van der Waals surface area contributed by atoms with E-state index in [0.717, 1.165) is 49.8 Å². The van der Waals surface area contributed by atoms with Crippen LogP contribution in [0, 0.1) is 6.92 Å². The summed E-state index contributed by atoms with van der Waals surface area (Å²) in [5, 5.41) is 3.50. The molecule has 0 amide bonds. The van der Waals surface area contributed by atoms with Crippen LogP contribution in [0.5, 0.6) is 11.5 Å². The first kappa shape index (κ1) is 20.3. The summed E-state index contributed by atoms with van der Waals surface area (Å²) in [4.78, 5) is 2.41. The van der Waals surface area contributed by atoms with Crippen molar-refractivity contribution in [1.29, 1.82) is 0 Å². The molecule has 0 heterocycles. The van der Waals surface area contributed by atoms with Crippen molar-refractivity contribution >= 4 is 0 Å². The Morgan fingerprint density at radius 2 is 1.77 bits per heavy atom. The second kappa shape index (κ2) is 10.8. The third-order valence-electron chi connectivity index (χ3n) is 4.53. The molecule has 2 aromatic carbocycles. The van der Waals surface area contributed by atoms with Crippen LogP contribution in [0.2, 0.25) is 0 Å². The smallest absolute Gasteiger partial charge is 0.161 e. The third-order valence-corrected chi connectivity index (χ3v) is 4.53. The largest absolute Gasteiger partial charge is 0.493 e. The molecule has 1 N–H and O–H groups in total. The number of rotatable bonds is 11. The van der Waals surface area contributed by atoms with Gasteiger partial charge in [-0.2, -0.15) is 0 Å². The number of hydrogen-bond acceptors (Lipinski definition) is 4. The molecule has 4 heteroatoms. The van der Waals surface area contributed by atoms with Gasteiger partial charge in [0.1, 0.15) is 6.61 Å². The highest BCUT2D eigenvalue weighted by molar-refractivity contribution is 5.43. The number of nitrogens with zero attached hydrogens (tertiary/aromatic N) is 1. The van der Waals surface area contributed by atoms with Crippen molar-refractivity contribution in [3.05, 3.63) is 59.2 Å². The Morgan fingerprint density at radius 1 is 0.962 bits per heavy atom. The van der Waals surface area contributed by atoms with Gasteiger partial charge in [0.2, 0.25) is 0 Å². The van der Waals surface area contributed by atoms with E-state index in [1.807, 2.05) is 6.07 Å². The van der Waals surface area contributed by atoms with Crippen molar-refractivity contribution in [2.45, 2.75) is 33.9 Å². The average Bonchev–Trinajstić information content (AvgIpc) is 2.67. The zero-order valence-electron chi connectivity index (χ0n) is 16.5. The summed E-state index contributed by atoms with van der Waals surface area (Å²) in [6.07, 6.45) is 0. The molecule has 0 spiro atoms. The molecule has 0 saturated carbocycles. The van der Waals surface area contributed by atoms with Gasteiger partial charge < -0.3 is 19.7 Å². The van der Waals surface area contributed by atoms with Gasteiger partial charge in [-0.25, -0.2) is 0 Å². The van der Waals surface area contributed by atoms with Gasteiger partial charge in [0, 0.05) is 19.6 Å². The zero-order valence-corrected chi connectivity index (χ0v) is 16.5. The van der Waals surface area contributed by atoms with E-state index in [1.165, 1.54) is 11.1 Å². The predicted octanol–water partition coefficient (Wildman–Crippen LogP) is 4.01. The quantitative estimate of drug-likeness (QED) is 0.617. The fourth-order valence-corrected chi connectivity index (χ4v) is 2.91. The zero-order chi connectivity index (χ0) is 18.8. The summed E-state index contributed by atoms with van der Waals surface area (Å²) in [6.45, 7) is 12.1. The van der Waals surface area contributed by atoms with Crippen LogP contribution in [-0.2, 0) is 13.2 Å². The van der Waals surface area contributed by atoms with E-state index in [-0.39, 0.29) is 0 Å². The lowest BCUT2D eigenvalue weighted by Crippen LogP contribution is -2.31. The molecule has 0 aliphatic heterocycles. The number of methoxy groups -OCH3 is 1. The summed E-state index contributed by atoms with van der Waals surface area (Å²) in [5.41, 5.74) is 3.60. The Bertz CT molecular complexity index is 669. The third kappa shape index (κ3) is 6.36. The van der Waals surface area contributed by atoms with E-state index in [1.54, 1.807) is 7.11 Å². The number of hydrogen-bond donors (Lipinski definition) is 1. The molecule has 142 valence electrons. The maximum Gasteiger partial charge on any atom is 0.161 e. The second-order valence-corrected chi connectivity index (χ2v) is 6.47. The van der Waals surface area contributed by atoms with Crippen molar-refractivity contribution in [3.63, 3.8) is 0 Å². The molecule has 0 radical (unpaired) electrons. The van der Waals surface area contributed by atoms with Crippen LogP contribution in [0.3, 0.4) is 0 Å². The van der Waals surface area contributed by atoms with E-state index >= 15 is 0 Å². The van der Waals surface area contributed by atoms with Gasteiger partial charge in [0.25, 0.3) is 0 Å². The van der Waals surface area contributed by atoms with Gasteiger partial charge in [0.05, 0.1) is 7.11 Å². The lowest BCUT2D eigenvalue weighted by molar-refractivity contribution is 0.284. The highest BCUT2D eigenvalue weighted by Crippen LogP contribution is 2.28. The van der Waals surface area contributed by atoms with Crippen molar-refractivity contribution in [3.8, 4) is 11.5 Å². The lowest BCUT2D eigenvalue weighted by Gasteiger charge is -2.18. The molecular weight excluding hydrogens is 324 g/mol. The summed E-state index contributed by atoms with van der Waals surface area (Å²) in [7, 11) is 1.69. The number of aryl methyl sites for hydroxylation is 1. The van der Waals surface area contributed by atoms with Crippen molar-refractivity contribution in [2.75, 3.05) is 33.3 Å². The van der Waals surface area contributed by atoms with Crippen molar-refractivity contribution < 1.29 is 9.47 Å². The first-order valence-corrected chi connectivity index (χ1v) is 9.44. The minimum atomic E-state index is 0.541. The van der Waals surface area contributed by atoms with E-state index < -0.39 is 0 Å². The van der Waals surface area contributed by atoms with Gasteiger partial charge in [-0.15, -0.1) is 0 Å². The maximum atomic E-state index is 5.96. The molecule has 0 fully saturated rings. The van der Waals surface area contributed by atoms with Crippen LogP contribution >= 0.6 is 0 Å². The molecule has 0 unspecified atom stereocenters. The van der Waals surface area contributed by atoms with Crippen LogP contribution in [0.25, 0.3) is 0 Å². The standard InChI is InChI=1S/C22H32N2O2/c1-5-24(6-2)13-12-23-16-19-10-11-21(22(15-19)25-4)26-17-20-9-7-8-18(3)14-20/h7-11,14-15,23H,5-6,12-13,16-17H2,1-4H3. The summed E-state index contributed by atoms with van der Waals surface area (Å²) in [5.74, 6) is 1.56.